The molecular formula is C13H14BrN3O. The molecule has 18 heavy (non-hydrogen) atoms. The summed E-state index contributed by atoms with van der Waals surface area (Å²) in [6, 6.07) is 5.67. The molecule has 0 unspecified atom stereocenters. The van der Waals surface area contributed by atoms with Crippen molar-refractivity contribution in [2.45, 2.75) is 6.54 Å². The van der Waals surface area contributed by atoms with E-state index in [1.54, 1.807) is 6.20 Å². The van der Waals surface area contributed by atoms with Gasteiger partial charge in [0.1, 0.15) is 5.82 Å². The second-order valence-electron chi connectivity index (χ2n) is 4.13. The largest absolute Gasteiger partial charge is 0.367 e. The molecule has 1 aromatic carbocycles. The first-order valence-corrected chi connectivity index (χ1v) is 6.33. The number of aryl methyl sites for hydroxylation is 1. The summed E-state index contributed by atoms with van der Waals surface area (Å²) in [4.78, 5) is 17.4. The molecule has 0 aliphatic heterocycles. The van der Waals surface area contributed by atoms with Gasteiger partial charge in [-0.2, -0.15) is 0 Å². The van der Waals surface area contributed by atoms with Crippen LogP contribution in [0.25, 0.3) is 0 Å². The first-order chi connectivity index (χ1) is 8.61. The van der Waals surface area contributed by atoms with Crippen molar-refractivity contribution in [3.8, 4) is 0 Å². The smallest absolute Gasteiger partial charge is 0.152 e. The zero-order valence-electron chi connectivity index (χ0n) is 10.3. The van der Waals surface area contributed by atoms with Gasteiger partial charge < -0.3 is 9.47 Å². The second-order valence-corrected chi connectivity index (χ2v) is 5.05. The molecule has 1 aromatic heterocycles. The maximum atomic E-state index is 11.1. The van der Waals surface area contributed by atoms with E-state index in [1.165, 1.54) is 0 Å². The van der Waals surface area contributed by atoms with Gasteiger partial charge in [0, 0.05) is 42.2 Å². The third-order valence-corrected chi connectivity index (χ3v) is 3.32. The average Bonchev–Trinajstić information content (AvgIpc) is 2.74. The molecule has 0 saturated carbocycles. The lowest BCUT2D eigenvalue weighted by Gasteiger charge is -2.20. The highest BCUT2D eigenvalue weighted by Gasteiger charge is 2.10. The topological polar surface area (TPSA) is 38.1 Å². The molecule has 2 rings (SSSR count). The second kappa shape index (κ2) is 5.35. The van der Waals surface area contributed by atoms with Crippen molar-refractivity contribution in [1.82, 2.24) is 9.55 Å². The number of halogens is 1. The van der Waals surface area contributed by atoms with E-state index < -0.39 is 0 Å². The number of imidazole rings is 1. The molecule has 0 radical (unpaired) electrons. The van der Waals surface area contributed by atoms with Crippen LogP contribution in [0.15, 0.2) is 35.1 Å². The minimum Gasteiger partial charge on any atom is -0.367 e. The van der Waals surface area contributed by atoms with Crippen LogP contribution in [-0.4, -0.2) is 22.9 Å². The number of aldehydes is 1. The van der Waals surface area contributed by atoms with Crippen LogP contribution in [0.4, 0.5) is 5.69 Å². The SMILES string of the molecule is CN(Cc1nccn1C)c1ccc(Br)cc1C=O. The molecule has 0 bridgehead atoms. The highest BCUT2D eigenvalue weighted by Crippen LogP contribution is 2.23. The number of anilines is 1. The molecule has 0 fully saturated rings. The van der Waals surface area contributed by atoms with Gasteiger partial charge in [0.25, 0.3) is 0 Å². The molecular weight excluding hydrogens is 294 g/mol. The van der Waals surface area contributed by atoms with Crippen LogP contribution in [0.2, 0.25) is 0 Å². The Hall–Kier alpha value is -1.62. The third-order valence-electron chi connectivity index (χ3n) is 2.83. The van der Waals surface area contributed by atoms with Gasteiger partial charge in [-0.3, -0.25) is 4.79 Å². The summed E-state index contributed by atoms with van der Waals surface area (Å²) in [5.41, 5.74) is 1.57. The van der Waals surface area contributed by atoms with Gasteiger partial charge in [-0.15, -0.1) is 0 Å². The zero-order chi connectivity index (χ0) is 13.1. The van der Waals surface area contributed by atoms with Crippen molar-refractivity contribution in [3.05, 3.63) is 46.5 Å². The zero-order valence-corrected chi connectivity index (χ0v) is 11.9. The fraction of sp³-hybridized carbons (Fsp3) is 0.231. The Morgan fingerprint density at radius 2 is 2.28 bits per heavy atom. The number of rotatable bonds is 4. The average molecular weight is 308 g/mol. The number of carbonyl (C=O) groups excluding carboxylic acids is 1. The predicted octanol–water partition coefficient (Wildman–Crippen LogP) is 2.63. The molecule has 0 spiro atoms. The van der Waals surface area contributed by atoms with E-state index in [9.17, 15) is 4.79 Å². The predicted molar refractivity (Wildman–Crippen MR) is 74.8 cm³/mol. The van der Waals surface area contributed by atoms with Crippen LogP contribution in [0.1, 0.15) is 16.2 Å². The number of benzene rings is 1. The minimum atomic E-state index is 0.659. The molecule has 0 saturated heterocycles. The monoisotopic (exact) mass is 307 g/mol. The quantitative estimate of drug-likeness (QED) is 0.815. The van der Waals surface area contributed by atoms with Crippen LogP contribution >= 0.6 is 15.9 Å². The summed E-state index contributed by atoms with van der Waals surface area (Å²) >= 11 is 3.36. The lowest BCUT2D eigenvalue weighted by molar-refractivity contribution is 0.112. The highest BCUT2D eigenvalue weighted by atomic mass is 79.9. The van der Waals surface area contributed by atoms with E-state index in [0.717, 1.165) is 22.3 Å². The summed E-state index contributed by atoms with van der Waals surface area (Å²) in [7, 11) is 3.91. The van der Waals surface area contributed by atoms with E-state index in [0.29, 0.717) is 12.1 Å². The van der Waals surface area contributed by atoms with Gasteiger partial charge in [0.15, 0.2) is 6.29 Å². The Balaban J connectivity index is 2.26. The van der Waals surface area contributed by atoms with Crippen molar-refractivity contribution in [3.63, 3.8) is 0 Å². The van der Waals surface area contributed by atoms with Crippen molar-refractivity contribution in [2.24, 2.45) is 7.05 Å². The van der Waals surface area contributed by atoms with E-state index in [-0.39, 0.29) is 0 Å². The van der Waals surface area contributed by atoms with Crippen molar-refractivity contribution >= 4 is 27.9 Å². The summed E-state index contributed by atoms with van der Waals surface area (Å²) in [6.45, 7) is 0.659. The number of aromatic nitrogens is 2. The van der Waals surface area contributed by atoms with Crippen LogP contribution < -0.4 is 4.90 Å². The fourth-order valence-corrected chi connectivity index (χ4v) is 2.19. The first-order valence-electron chi connectivity index (χ1n) is 5.54. The standard InChI is InChI=1S/C13H14BrN3O/c1-16-6-5-15-13(16)8-17(2)12-4-3-11(14)7-10(12)9-18/h3-7,9H,8H2,1-2H3. The molecule has 0 N–H and O–H groups in total. The van der Waals surface area contributed by atoms with Crippen molar-refractivity contribution < 1.29 is 4.79 Å². The Morgan fingerprint density at radius 3 is 2.89 bits per heavy atom. The minimum absolute atomic E-state index is 0.659. The van der Waals surface area contributed by atoms with Gasteiger partial charge in [0.05, 0.1) is 6.54 Å². The Kier molecular flexibility index (Phi) is 3.81. The molecule has 4 nitrogen and oxygen atoms in total. The molecule has 0 aliphatic carbocycles. The Bertz CT molecular complexity index is 565. The van der Waals surface area contributed by atoms with Crippen LogP contribution in [0.3, 0.4) is 0 Å². The van der Waals surface area contributed by atoms with Crippen molar-refractivity contribution in [1.29, 1.82) is 0 Å². The maximum absolute atomic E-state index is 11.1. The van der Waals surface area contributed by atoms with Gasteiger partial charge in [-0.1, -0.05) is 15.9 Å². The summed E-state index contributed by atoms with van der Waals surface area (Å²) in [5.74, 6) is 0.956. The van der Waals surface area contributed by atoms with Gasteiger partial charge in [0.2, 0.25) is 0 Å². The molecule has 5 heteroatoms. The molecule has 2 aromatic rings. The molecule has 1 heterocycles. The first kappa shape index (κ1) is 12.8. The van der Waals surface area contributed by atoms with Crippen molar-refractivity contribution in [2.75, 3.05) is 11.9 Å². The number of hydrogen-bond donors (Lipinski definition) is 0. The third kappa shape index (κ3) is 2.61. The molecule has 0 atom stereocenters. The Morgan fingerprint density at radius 1 is 1.50 bits per heavy atom. The summed E-state index contributed by atoms with van der Waals surface area (Å²) in [6.07, 6.45) is 4.55. The van der Waals surface area contributed by atoms with Crippen LogP contribution in [0, 0.1) is 0 Å². The van der Waals surface area contributed by atoms with E-state index in [4.69, 9.17) is 0 Å². The Labute approximate surface area is 114 Å². The fourth-order valence-electron chi connectivity index (χ4n) is 1.81. The number of hydrogen-bond acceptors (Lipinski definition) is 3. The number of nitrogens with zero attached hydrogens (tertiary/aromatic N) is 3. The molecule has 0 amide bonds. The van der Waals surface area contributed by atoms with Gasteiger partial charge in [-0.25, -0.2) is 4.98 Å². The lowest BCUT2D eigenvalue weighted by atomic mass is 10.2. The van der Waals surface area contributed by atoms with E-state index in [1.807, 2.05) is 48.0 Å². The maximum Gasteiger partial charge on any atom is 0.152 e. The van der Waals surface area contributed by atoms with Crippen LogP contribution in [-0.2, 0) is 13.6 Å². The van der Waals surface area contributed by atoms with E-state index >= 15 is 0 Å². The number of carbonyl (C=O) groups is 1. The van der Waals surface area contributed by atoms with Gasteiger partial charge in [-0.05, 0) is 18.2 Å². The normalized spacial score (nSPS) is 10.4. The molecule has 94 valence electrons. The summed E-state index contributed by atoms with van der Waals surface area (Å²) < 4.78 is 2.87. The van der Waals surface area contributed by atoms with Crippen LogP contribution in [0.5, 0.6) is 0 Å². The highest BCUT2D eigenvalue weighted by molar-refractivity contribution is 9.10. The van der Waals surface area contributed by atoms with E-state index in [2.05, 4.69) is 20.9 Å². The lowest BCUT2D eigenvalue weighted by Crippen LogP contribution is -2.20. The van der Waals surface area contributed by atoms with Gasteiger partial charge >= 0.3 is 0 Å². The molecule has 0 aliphatic rings. The summed E-state index contributed by atoms with van der Waals surface area (Å²) in [5, 5.41) is 0.